The molecule has 0 spiro atoms. The van der Waals surface area contributed by atoms with E-state index in [2.05, 4.69) is 37.2 Å². The largest absolute Gasteiger partial charge is 0.451 e. The Bertz CT molecular complexity index is 1500. The number of nitrogens with one attached hydrogen (secondary N) is 1. The number of carbonyl (C=O) groups is 1. The number of para-hydroxylation sites is 1. The summed E-state index contributed by atoms with van der Waals surface area (Å²) in [6, 6.07) is 20.1. The lowest BCUT2D eigenvalue weighted by atomic mass is 10.1. The molecule has 0 radical (unpaired) electrons. The molecule has 9 heteroatoms. The molecule has 5 rings (SSSR count). The molecule has 0 aliphatic rings. The number of hydrogen-bond acceptors (Lipinski definition) is 4. The Hall–Kier alpha value is -2.16. The normalized spacial score (nSPS) is 11.2. The maximum Gasteiger partial charge on any atom is 0.291 e. The summed E-state index contributed by atoms with van der Waals surface area (Å²) in [5, 5.41) is 4.76. The molecule has 0 bridgehead atoms. The van der Waals surface area contributed by atoms with Gasteiger partial charge in [0.2, 0.25) is 0 Å². The zero-order valence-electron chi connectivity index (χ0n) is 16.5. The number of furan rings is 1. The standard InChI is InChI=1S/C24H12Br2Cl2N2O2S/c25-12-9-15(24-29-18-3-1-2-4-21(18)33-24)22(16(26)10-12)30-23(31)20-8-7-19(32-20)14-11-13(27)5-6-17(14)28/h1-11H,(H,30,31). The predicted molar refractivity (Wildman–Crippen MR) is 143 cm³/mol. The second-order valence-electron chi connectivity index (χ2n) is 7.04. The number of benzene rings is 3. The Morgan fingerprint density at radius 3 is 2.61 bits per heavy atom. The van der Waals surface area contributed by atoms with E-state index in [0.29, 0.717) is 31.5 Å². The van der Waals surface area contributed by atoms with Crippen molar-refractivity contribution in [3.8, 4) is 21.9 Å². The van der Waals surface area contributed by atoms with Crippen molar-refractivity contribution in [2.24, 2.45) is 0 Å². The summed E-state index contributed by atoms with van der Waals surface area (Å²) < 4.78 is 8.44. The van der Waals surface area contributed by atoms with Crippen molar-refractivity contribution in [3.63, 3.8) is 0 Å². The first-order valence-electron chi connectivity index (χ1n) is 9.60. The van der Waals surface area contributed by atoms with Crippen LogP contribution >= 0.6 is 66.4 Å². The number of amides is 1. The minimum Gasteiger partial charge on any atom is -0.451 e. The van der Waals surface area contributed by atoms with Crippen molar-refractivity contribution in [1.82, 2.24) is 4.98 Å². The van der Waals surface area contributed by atoms with Gasteiger partial charge in [-0.3, -0.25) is 4.79 Å². The van der Waals surface area contributed by atoms with E-state index in [1.807, 2.05) is 36.4 Å². The van der Waals surface area contributed by atoms with E-state index in [-0.39, 0.29) is 5.76 Å². The third-order valence-corrected chi connectivity index (χ3v) is 7.56. The van der Waals surface area contributed by atoms with Crippen molar-refractivity contribution >= 4 is 88.2 Å². The summed E-state index contributed by atoms with van der Waals surface area (Å²) in [6.07, 6.45) is 0. The van der Waals surface area contributed by atoms with Crippen molar-refractivity contribution < 1.29 is 9.21 Å². The third kappa shape index (κ3) is 4.61. The maximum absolute atomic E-state index is 13.1. The molecule has 0 aliphatic carbocycles. The van der Waals surface area contributed by atoms with Gasteiger partial charge in [-0.05, 0) is 70.5 Å². The van der Waals surface area contributed by atoms with Crippen LogP contribution in [0.15, 0.2) is 80.1 Å². The molecule has 33 heavy (non-hydrogen) atoms. The molecule has 2 aromatic heterocycles. The van der Waals surface area contributed by atoms with Crippen LogP contribution in [-0.4, -0.2) is 10.9 Å². The summed E-state index contributed by atoms with van der Waals surface area (Å²) in [5.41, 5.74) is 2.90. The van der Waals surface area contributed by atoms with Gasteiger partial charge in [0, 0.05) is 25.1 Å². The molecule has 0 atom stereocenters. The molecule has 2 heterocycles. The summed E-state index contributed by atoms with van der Waals surface area (Å²) in [5.74, 6) is 0.199. The second-order valence-corrected chi connectivity index (χ2v) is 10.7. The number of rotatable bonds is 4. The number of carbonyl (C=O) groups excluding carboxylic acids is 1. The summed E-state index contributed by atoms with van der Waals surface area (Å²) >= 11 is 21.0. The first-order chi connectivity index (χ1) is 15.9. The number of aromatic nitrogens is 1. The molecule has 5 aromatic rings. The van der Waals surface area contributed by atoms with Crippen LogP contribution < -0.4 is 5.32 Å². The van der Waals surface area contributed by atoms with Crippen molar-refractivity contribution in [1.29, 1.82) is 0 Å². The van der Waals surface area contributed by atoms with Crippen LogP contribution in [-0.2, 0) is 0 Å². The van der Waals surface area contributed by atoms with Gasteiger partial charge >= 0.3 is 0 Å². The predicted octanol–water partition coefficient (Wildman–Crippen LogP) is 9.31. The van der Waals surface area contributed by atoms with E-state index in [1.165, 1.54) is 0 Å². The van der Waals surface area contributed by atoms with Crippen LogP contribution in [0.1, 0.15) is 10.6 Å². The van der Waals surface area contributed by atoms with Gasteiger partial charge < -0.3 is 9.73 Å². The minimum atomic E-state index is -0.398. The highest BCUT2D eigenvalue weighted by molar-refractivity contribution is 9.11. The van der Waals surface area contributed by atoms with Gasteiger partial charge in [-0.15, -0.1) is 11.3 Å². The van der Waals surface area contributed by atoms with Crippen molar-refractivity contribution in [2.75, 3.05) is 5.32 Å². The molecule has 1 amide bonds. The van der Waals surface area contributed by atoms with Crippen LogP contribution in [0.4, 0.5) is 5.69 Å². The highest BCUT2D eigenvalue weighted by Gasteiger charge is 2.20. The Morgan fingerprint density at radius 2 is 1.79 bits per heavy atom. The minimum absolute atomic E-state index is 0.145. The number of halogens is 4. The SMILES string of the molecule is O=C(Nc1c(Br)cc(Br)cc1-c1nc2ccccc2s1)c1ccc(-c2cc(Cl)ccc2Cl)o1. The first kappa shape index (κ1) is 22.6. The molecule has 0 fully saturated rings. The molecule has 0 unspecified atom stereocenters. The lowest BCUT2D eigenvalue weighted by molar-refractivity contribution is 0.0997. The fourth-order valence-electron chi connectivity index (χ4n) is 3.32. The molecule has 0 saturated carbocycles. The van der Waals surface area contributed by atoms with E-state index in [1.54, 1.807) is 41.7 Å². The second kappa shape index (κ2) is 9.24. The van der Waals surface area contributed by atoms with E-state index >= 15 is 0 Å². The average Bonchev–Trinajstić information content (AvgIpc) is 3.44. The first-order valence-corrected chi connectivity index (χ1v) is 12.8. The van der Waals surface area contributed by atoms with Crippen LogP contribution in [0.2, 0.25) is 10.0 Å². The van der Waals surface area contributed by atoms with Gasteiger partial charge in [-0.2, -0.15) is 0 Å². The van der Waals surface area contributed by atoms with Crippen LogP contribution in [0.25, 0.3) is 32.1 Å². The average molecular weight is 623 g/mol. The molecule has 0 aliphatic heterocycles. The number of nitrogens with zero attached hydrogens (tertiary/aromatic N) is 1. The van der Waals surface area contributed by atoms with Crippen LogP contribution in [0, 0.1) is 0 Å². The fraction of sp³-hybridized carbons (Fsp3) is 0. The molecule has 3 aromatic carbocycles. The Labute approximate surface area is 219 Å². The summed E-state index contributed by atoms with van der Waals surface area (Å²) in [4.78, 5) is 17.8. The van der Waals surface area contributed by atoms with Crippen LogP contribution in [0.5, 0.6) is 0 Å². The Morgan fingerprint density at radius 1 is 0.970 bits per heavy atom. The molecular weight excluding hydrogens is 611 g/mol. The zero-order valence-corrected chi connectivity index (χ0v) is 22.0. The topological polar surface area (TPSA) is 55.1 Å². The third-order valence-electron chi connectivity index (χ3n) is 4.84. The van der Waals surface area contributed by atoms with Gasteiger partial charge in [0.15, 0.2) is 5.76 Å². The number of anilines is 1. The molecule has 164 valence electrons. The highest BCUT2D eigenvalue weighted by atomic mass is 79.9. The smallest absolute Gasteiger partial charge is 0.291 e. The zero-order chi connectivity index (χ0) is 23.1. The molecule has 0 saturated heterocycles. The number of hydrogen-bond donors (Lipinski definition) is 1. The van der Waals surface area contributed by atoms with Crippen LogP contribution in [0.3, 0.4) is 0 Å². The number of thiazole rings is 1. The quantitative estimate of drug-likeness (QED) is 0.217. The van der Waals surface area contributed by atoms with E-state index in [9.17, 15) is 4.79 Å². The monoisotopic (exact) mass is 620 g/mol. The molecular formula is C24H12Br2Cl2N2O2S. The fourth-order valence-corrected chi connectivity index (χ4v) is 6.02. The lowest BCUT2D eigenvalue weighted by Gasteiger charge is -2.12. The molecule has 4 nitrogen and oxygen atoms in total. The van der Waals surface area contributed by atoms with Gasteiger partial charge in [-0.25, -0.2) is 4.98 Å². The molecule has 1 N–H and O–H groups in total. The maximum atomic E-state index is 13.1. The Balaban J connectivity index is 1.50. The van der Waals surface area contributed by atoms with E-state index in [4.69, 9.17) is 32.6 Å². The van der Waals surface area contributed by atoms with Gasteiger partial charge in [0.25, 0.3) is 5.91 Å². The van der Waals surface area contributed by atoms with Gasteiger partial charge in [0.1, 0.15) is 10.8 Å². The summed E-state index contributed by atoms with van der Waals surface area (Å²) in [7, 11) is 0. The van der Waals surface area contributed by atoms with E-state index < -0.39 is 5.91 Å². The van der Waals surface area contributed by atoms with Crippen molar-refractivity contribution in [3.05, 3.63) is 91.5 Å². The Kier molecular flexibility index (Phi) is 6.33. The van der Waals surface area contributed by atoms with Crippen molar-refractivity contribution in [2.45, 2.75) is 0 Å². The van der Waals surface area contributed by atoms with Gasteiger partial charge in [-0.1, -0.05) is 51.3 Å². The highest BCUT2D eigenvalue weighted by Crippen LogP contribution is 2.41. The lowest BCUT2D eigenvalue weighted by Crippen LogP contribution is -2.12. The number of fused-ring (bicyclic) bond motifs is 1. The van der Waals surface area contributed by atoms with E-state index in [0.717, 1.165) is 25.3 Å². The summed E-state index contributed by atoms with van der Waals surface area (Å²) in [6.45, 7) is 0. The van der Waals surface area contributed by atoms with Gasteiger partial charge in [0.05, 0.1) is 20.9 Å².